The summed E-state index contributed by atoms with van der Waals surface area (Å²) in [5.74, 6) is -8.36. The molecule has 0 radical (unpaired) electrons. The molecule has 1 aliphatic heterocycles. The summed E-state index contributed by atoms with van der Waals surface area (Å²) in [4.78, 5) is 136. The van der Waals surface area contributed by atoms with Crippen molar-refractivity contribution < 1.29 is 100 Å². The number of nitrogens with zero attached hydrogens (tertiary/aromatic N) is 3. The standard InChI is InChI=1S/C34H52N6O16S2.O.Tc/c1-35-20(29(48)38(2)22(14-28(46)47)30(49)39(3)23(17-57-4)33(53)54)10-9-19(42)8-6-5-7-13-40-26(43)15-24(31(40)50)58-16-21(32(51)52)36-34(55)37-25(56-18-41)11-12-27(44)45;;/h18,20-25,35H,5-17H2,1-4H3,(H,44,45)(H,46,47)(H,51,52)(H,53,54)(H2,36,37,55);;/t20-,21-,22?,23-,24?,25+;;/m0../s1/i;;1+1. The number of carbonyl (C=O) groups excluding carboxylic acids is 7. The van der Waals surface area contributed by atoms with Crippen LogP contribution < -0.4 is 16.0 Å². The van der Waals surface area contributed by atoms with Crippen LogP contribution in [-0.2, 0) is 75.0 Å². The fraction of sp³-hybridized carbons (Fsp3) is 0.676. The number of likely N-dealkylation sites (tertiary alicyclic amines) is 1. The second kappa shape index (κ2) is 29.7. The molecule has 0 aromatic rings. The first-order chi connectivity index (χ1) is 28.3. The Morgan fingerprint density at radius 3 is 2.00 bits per heavy atom. The molecule has 0 aromatic carbocycles. The van der Waals surface area contributed by atoms with Gasteiger partial charge in [0.25, 0.3) is 6.47 Å². The summed E-state index contributed by atoms with van der Waals surface area (Å²) < 4.78 is 12.8. The third kappa shape index (κ3) is 19.7. The van der Waals surface area contributed by atoms with Crippen LogP contribution in [0.3, 0.4) is 0 Å². The molecule has 2 unspecified atom stereocenters. The predicted octanol–water partition coefficient (Wildman–Crippen LogP) is -1.08. The molecule has 1 saturated heterocycles. The number of nitrogens with one attached hydrogen (secondary N) is 3. The van der Waals surface area contributed by atoms with Crippen LogP contribution in [0, 0.1) is 0 Å². The number of rotatable bonds is 30. The fourth-order valence-electron chi connectivity index (χ4n) is 5.69. The molecule has 26 heteroatoms. The van der Waals surface area contributed by atoms with Crippen molar-refractivity contribution >= 4 is 89.3 Å². The zero-order chi connectivity index (χ0) is 46.1. The van der Waals surface area contributed by atoms with Crippen molar-refractivity contribution in [2.45, 2.75) is 99.9 Å². The van der Waals surface area contributed by atoms with Crippen LogP contribution in [0.1, 0.15) is 64.2 Å². The molecule has 0 spiro atoms. The molecule has 7 N–H and O–H groups in total. The Morgan fingerprint density at radius 1 is 0.833 bits per heavy atom. The summed E-state index contributed by atoms with van der Waals surface area (Å²) in [6, 6.07) is -6.32. The summed E-state index contributed by atoms with van der Waals surface area (Å²) >= 11 is 2.92. The Hall–Kier alpha value is -4.52. The molecule has 23 nitrogen and oxygen atoms in total. The molecular formula is C34H52N6O17S2Tc. The van der Waals surface area contributed by atoms with E-state index >= 15 is 0 Å². The fourth-order valence-corrected chi connectivity index (χ4v) is 7.55. The number of hydrogen-bond donors (Lipinski definition) is 7. The van der Waals surface area contributed by atoms with E-state index in [1.807, 2.05) is 0 Å². The van der Waals surface area contributed by atoms with Crippen molar-refractivity contribution in [1.82, 2.24) is 30.7 Å². The molecule has 0 aromatic heterocycles. The summed E-state index contributed by atoms with van der Waals surface area (Å²) in [6.07, 6.45) is -0.0659. The molecular weight excluding hydrogens is 927 g/mol. The first kappa shape index (κ1) is 55.5. The van der Waals surface area contributed by atoms with Gasteiger partial charge in [-0.3, -0.25) is 43.3 Å². The Labute approximate surface area is 364 Å². The van der Waals surface area contributed by atoms with Gasteiger partial charge in [0.1, 0.15) is 23.9 Å². The van der Waals surface area contributed by atoms with Crippen molar-refractivity contribution in [3.05, 3.63) is 0 Å². The van der Waals surface area contributed by atoms with Crippen LogP contribution >= 0.6 is 23.5 Å². The minimum atomic E-state index is -1.52. The zero-order valence-electron chi connectivity index (χ0n) is 33.4. The van der Waals surface area contributed by atoms with E-state index in [1.54, 1.807) is 6.26 Å². The summed E-state index contributed by atoms with van der Waals surface area (Å²) in [6.45, 7) is 0.0465. The van der Waals surface area contributed by atoms with Crippen molar-refractivity contribution in [3.63, 3.8) is 0 Å². The number of unbranched alkanes of at least 4 members (excludes halogenated alkanes) is 2. The number of carboxylic acids is 4. The Bertz CT molecular complexity index is 1540. The van der Waals surface area contributed by atoms with Crippen LogP contribution in [0.2, 0.25) is 0 Å². The van der Waals surface area contributed by atoms with E-state index in [-0.39, 0.29) is 62.4 Å². The van der Waals surface area contributed by atoms with Crippen LogP contribution in [0.4, 0.5) is 4.79 Å². The van der Waals surface area contributed by atoms with Crippen LogP contribution in [0.5, 0.6) is 0 Å². The van der Waals surface area contributed by atoms with Gasteiger partial charge in [0, 0.05) is 57.8 Å². The van der Waals surface area contributed by atoms with E-state index in [0.717, 1.165) is 45.3 Å². The van der Waals surface area contributed by atoms with E-state index in [1.165, 1.54) is 32.9 Å². The SMILES string of the molecule is CN[C@@H](CCC(=O)CCCCCN1C(=O)CC(SC[C@H](NC(=O)N[C@@H](CCC(=O)O)OC=O)C(=O)O)C1=O)C(=O)N(C)C(CC(=O)O)C(=O)N(C)[C@@H](CSC)C(=O)O.[O]=[99Tc]. The third-order valence-electron chi connectivity index (χ3n) is 8.99. The van der Waals surface area contributed by atoms with E-state index < -0.39 is 102 Å². The van der Waals surface area contributed by atoms with Crippen molar-refractivity contribution in [2.75, 3.05) is 45.4 Å². The molecule has 6 amide bonds. The van der Waals surface area contributed by atoms with Crippen LogP contribution in [-0.4, -0.2) is 182 Å². The number of amides is 6. The van der Waals surface area contributed by atoms with E-state index in [0.29, 0.717) is 19.3 Å². The van der Waals surface area contributed by atoms with Crippen LogP contribution in [0.15, 0.2) is 0 Å². The molecule has 339 valence electrons. The monoisotopic (exact) mass is 979 g/mol. The van der Waals surface area contributed by atoms with Gasteiger partial charge in [-0.05, 0) is 32.6 Å². The van der Waals surface area contributed by atoms with Gasteiger partial charge < -0.3 is 50.9 Å². The van der Waals surface area contributed by atoms with Gasteiger partial charge in [-0.25, -0.2) is 14.4 Å². The number of Topliss-reactive ketones (excluding diaryl/α,β-unsaturated/α-hetero) is 1. The number of carbonyl (C=O) groups is 11. The number of thioether (sulfide) groups is 2. The maximum absolute atomic E-state index is 13.3. The summed E-state index contributed by atoms with van der Waals surface area (Å²) in [5.41, 5.74) is 0. The molecule has 0 aliphatic carbocycles. The summed E-state index contributed by atoms with van der Waals surface area (Å²) in [5, 5.41) is 43.5. The molecule has 60 heavy (non-hydrogen) atoms. The predicted molar refractivity (Wildman–Crippen MR) is 206 cm³/mol. The van der Waals surface area contributed by atoms with Gasteiger partial charge in [-0.1, -0.05) is 6.42 Å². The number of ether oxygens (including phenoxy) is 1. The second-order valence-corrected chi connectivity index (χ2v) is 15.3. The minimum absolute atomic E-state index is 0.00799. The Kier molecular flexibility index (Phi) is 27.4. The van der Waals surface area contributed by atoms with Gasteiger partial charge in [0.15, 0.2) is 6.23 Å². The normalized spacial score (nSPS) is 15.8. The quantitative estimate of drug-likeness (QED) is 0.0195. The molecule has 1 rings (SSSR count). The van der Waals surface area contributed by atoms with E-state index in [2.05, 4.69) is 20.7 Å². The topological polar surface area (TPSA) is 341 Å². The number of carboxylic acid groups (broad SMARTS) is 4. The van der Waals surface area contributed by atoms with Crippen molar-refractivity contribution in [1.29, 1.82) is 0 Å². The number of likely N-dealkylation sites (N-methyl/N-ethyl adjacent to an activating group) is 3. The number of imide groups is 1. The molecule has 0 bridgehead atoms. The third-order valence-corrected chi connectivity index (χ3v) is 10.9. The maximum atomic E-state index is 13.3. The number of aliphatic carboxylic acids is 4. The Balaban J connectivity index is 0.0000171. The van der Waals surface area contributed by atoms with Crippen LogP contribution in [0.25, 0.3) is 0 Å². The molecule has 1 fully saturated rings. The van der Waals surface area contributed by atoms with Crippen molar-refractivity contribution in [3.8, 4) is 0 Å². The molecule has 0 saturated carbocycles. The summed E-state index contributed by atoms with van der Waals surface area (Å²) in [7, 11) is 3.92. The average Bonchev–Trinajstić information content (AvgIpc) is 3.46. The van der Waals surface area contributed by atoms with Gasteiger partial charge in [-0.2, -0.15) is 11.8 Å². The second-order valence-electron chi connectivity index (χ2n) is 13.1. The average molecular weight is 980 g/mol. The number of ketones is 1. The van der Waals surface area contributed by atoms with Gasteiger partial charge in [0.2, 0.25) is 23.6 Å². The van der Waals surface area contributed by atoms with Gasteiger partial charge in [-0.15, -0.1) is 11.8 Å². The van der Waals surface area contributed by atoms with Gasteiger partial charge >= 0.3 is 52.3 Å². The first-order valence-electron chi connectivity index (χ1n) is 18.2. The Morgan fingerprint density at radius 2 is 1.47 bits per heavy atom. The zero-order valence-corrected chi connectivity index (χ0v) is 36.9. The number of urea groups is 1. The molecule has 1 heterocycles. The molecule has 6 atom stereocenters. The number of hydrogen-bond acceptors (Lipinski definition) is 16. The molecule has 1 aliphatic rings. The van der Waals surface area contributed by atoms with Gasteiger partial charge in [0.05, 0.1) is 24.1 Å². The first-order valence-corrected chi connectivity index (χ1v) is 21.4. The van der Waals surface area contributed by atoms with E-state index in [4.69, 9.17) is 8.61 Å². The van der Waals surface area contributed by atoms with Crippen molar-refractivity contribution in [2.24, 2.45) is 0 Å². The van der Waals surface area contributed by atoms with E-state index in [9.17, 15) is 68.1 Å².